The van der Waals surface area contributed by atoms with Crippen LogP contribution in [0.5, 0.6) is 5.75 Å². The van der Waals surface area contributed by atoms with Gasteiger partial charge in [-0.3, -0.25) is 9.69 Å². The molecule has 0 fully saturated rings. The average molecular weight is 272 g/mol. The molecule has 0 aromatic heterocycles. The van der Waals surface area contributed by atoms with Crippen molar-refractivity contribution in [3.8, 4) is 5.75 Å². The Labute approximate surface area is 112 Å². The monoisotopic (exact) mass is 271 g/mol. The molecule has 0 saturated carbocycles. The van der Waals surface area contributed by atoms with Crippen molar-refractivity contribution < 1.29 is 15.0 Å². The highest BCUT2D eigenvalue weighted by molar-refractivity contribution is 6.30. The van der Waals surface area contributed by atoms with Gasteiger partial charge in [0.05, 0.1) is 0 Å². The number of carboxylic acid groups (broad SMARTS) is 1. The summed E-state index contributed by atoms with van der Waals surface area (Å²) in [5.74, 6) is -0.773. The van der Waals surface area contributed by atoms with Crippen LogP contribution in [0, 0.1) is 0 Å². The molecule has 0 bridgehead atoms. The van der Waals surface area contributed by atoms with Gasteiger partial charge in [-0.05, 0) is 38.6 Å². The maximum absolute atomic E-state index is 11.2. The van der Waals surface area contributed by atoms with Gasteiger partial charge in [0.15, 0.2) is 0 Å². The molecule has 0 atom stereocenters. The van der Waals surface area contributed by atoms with Gasteiger partial charge in [0.1, 0.15) is 11.3 Å². The molecule has 100 valence electrons. The van der Waals surface area contributed by atoms with Crippen molar-refractivity contribution in [3.05, 3.63) is 28.8 Å². The van der Waals surface area contributed by atoms with E-state index >= 15 is 0 Å². The number of aromatic hydroxyl groups is 1. The first-order chi connectivity index (χ1) is 8.28. The van der Waals surface area contributed by atoms with E-state index < -0.39 is 11.5 Å². The SMILES string of the molecule is CCN(Cc1cc(Cl)ccc1O)C(C)(C)C(=O)O. The summed E-state index contributed by atoms with van der Waals surface area (Å²) in [6.45, 7) is 6.06. The molecule has 0 spiro atoms. The summed E-state index contributed by atoms with van der Waals surface area (Å²) in [5.41, 5.74) is -0.373. The van der Waals surface area contributed by atoms with Crippen LogP contribution in [-0.2, 0) is 11.3 Å². The Hall–Kier alpha value is -1.26. The number of hydrogen-bond donors (Lipinski definition) is 2. The standard InChI is InChI=1S/C13H18ClNO3/c1-4-15(13(2,3)12(17)18)8-9-7-10(14)5-6-11(9)16/h5-7,16H,4,8H2,1-3H3,(H,17,18). The van der Waals surface area contributed by atoms with Crippen LogP contribution in [0.15, 0.2) is 18.2 Å². The molecule has 1 aromatic carbocycles. The van der Waals surface area contributed by atoms with E-state index in [0.29, 0.717) is 23.7 Å². The molecule has 5 heteroatoms. The van der Waals surface area contributed by atoms with Crippen molar-refractivity contribution in [1.82, 2.24) is 4.90 Å². The molecule has 0 aliphatic heterocycles. The molecule has 0 aliphatic carbocycles. The summed E-state index contributed by atoms with van der Waals surface area (Å²) in [5, 5.41) is 19.5. The lowest BCUT2D eigenvalue weighted by Gasteiger charge is -2.34. The van der Waals surface area contributed by atoms with Crippen molar-refractivity contribution in [2.45, 2.75) is 32.9 Å². The second-order valence-corrected chi connectivity index (χ2v) is 5.09. The van der Waals surface area contributed by atoms with Crippen LogP contribution in [0.2, 0.25) is 5.02 Å². The van der Waals surface area contributed by atoms with Gasteiger partial charge in [0.25, 0.3) is 0 Å². The fourth-order valence-corrected chi connectivity index (χ4v) is 1.92. The number of halogens is 1. The molecule has 1 rings (SSSR count). The summed E-state index contributed by atoms with van der Waals surface area (Å²) in [6.07, 6.45) is 0. The normalized spacial score (nSPS) is 11.8. The number of aliphatic carboxylic acids is 1. The summed E-state index contributed by atoms with van der Waals surface area (Å²) in [7, 11) is 0. The van der Waals surface area contributed by atoms with Crippen LogP contribution in [0.1, 0.15) is 26.3 Å². The number of hydrogen-bond acceptors (Lipinski definition) is 3. The Bertz CT molecular complexity index is 446. The highest BCUT2D eigenvalue weighted by Crippen LogP contribution is 2.26. The summed E-state index contributed by atoms with van der Waals surface area (Å²) in [4.78, 5) is 13.0. The van der Waals surface area contributed by atoms with E-state index in [2.05, 4.69) is 0 Å². The van der Waals surface area contributed by atoms with E-state index in [1.54, 1.807) is 30.9 Å². The third-order valence-electron chi connectivity index (χ3n) is 3.10. The van der Waals surface area contributed by atoms with Crippen molar-refractivity contribution >= 4 is 17.6 Å². The Morgan fingerprint density at radius 2 is 2.06 bits per heavy atom. The third kappa shape index (κ3) is 3.15. The zero-order chi connectivity index (χ0) is 13.9. The number of phenols is 1. The van der Waals surface area contributed by atoms with Crippen molar-refractivity contribution in [2.75, 3.05) is 6.54 Å². The number of rotatable bonds is 5. The number of carbonyl (C=O) groups is 1. The largest absolute Gasteiger partial charge is 0.508 e. The maximum atomic E-state index is 11.2. The zero-order valence-electron chi connectivity index (χ0n) is 10.8. The van der Waals surface area contributed by atoms with Crippen LogP contribution in [0.4, 0.5) is 0 Å². The summed E-state index contributed by atoms with van der Waals surface area (Å²) >= 11 is 5.87. The van der Waals surface area contributed by atoms with E-state index in [-0.39, 0.29) is 5.75 Å². The number of carboxylic acids is 1. The first-order valence-electron chi connectivity index (χ1n) is 5.75. The van der Waals surface area contributed by atoms with Crippen molar-refractivity contribution in [1.29, 1.82) is 0 Å². The topological polar surface area (TPSA) is 60.8 Å². The molecule has 18 heavy (non-hydrogen) atoms. The molecule has 0 amide bonds. The molecule has 0 aliphatic rings. The molecule has 0 radical (unpaired) electrons. The molecular formula is C13H18ClNO3. The Kier molecular flexibility index (Phi) is 4.59. The lowest BCUT2D eigenvalue weighted by molar-refractivity contribution is -0.149. The van der Waals surface area contributed by atoms with Gasteiger partial charge in [0.2, 0.25) is 0 Å². The smallest absolute Gasteiger partial charge is 0.323 e. The predicted molar refractivity (Wildman–Crippen MR) is 70.9 cm³/mol. The molecule has 2 N–H and O–H groups in total. The Morgan fingerprint density at radius 3 is 2.56 bits per heavy atom. The quantitative estimate of drug-likeness (QED) is 0.864. The molecule has 1 aromatic rings. The zero-order valence-corrected chi connectivity index (χ0v) is 11.5. The van der Waals surface area contributed by atoms with Crippen LogP contribution in [-0.4, -0.2) is 33.2 Å². The Morgan fingerprint density at radius 1 is 1.44 bits per heavy atom. The molecular weight excluding hydrogens is 254 g/mol. The van der Waals surface area contributed by atoms with Crippen molar-refractivity contribution in [3.63, 3.8) is 0 Å². The van der Waals surface area contributed by atoms with Gasteiger partial charge < -0.3 is 10.2 Å². The van der Waals surface area contributed by atoms with Crippen LogP contribution < -0.4 is 0 Å². The van der Waals surface area contributed by atoms with Crippen LogP contribution >= 0.6 is 11.6 Å². The van der Waals surface area contributed by atoms with Crippen molar-refractivity contribution in [2.24, 2.45) is 0 Å². The van der Waals surface area contributed by atoms with E-state index in [1.807, 2.05) is 6.92 Å². The molecule has 0 unspecified atom stereocenters. The minimum atomic E-state index is -0.997. The van der Waals surface area contributed by atoms with E-state index in [4.69, 9.17) is 11.6 Å². The third-order valence-corrected chi connectivity index (χ3v) is 3.33. The van der Waals surface area contributed by atoms with E-state index in [0.717, 1.165) is 0 Å². The number of nitrogens with zero attached hydrogens (tertiary/aromatic N) is 1. The first-order valence-corrected chi connectivity index (χ1v) is 6.12. The maximum Gasteiger partial charge on any atom is 0.323 e. The van der Waals surface area contributed by atoms with Crippen LogP contribution in [0.25, 0.3) is 0 Å². The van der Waals surface area contributed by atoms with Gasteiger partial charge >= 0.3 is 5.97 Å². The fraction of sp³-hybridized carbons (Fsp3) is 0.462. The van der Waals surface area contributed by atoms with Gasteiger partial charge in [-0.15, -0.1) is 0 Å². The van der Waals surface area contributed by atoms with E-state index in [9.17, 15) is 15.0 Å². The molecule has 0 heterocycles. The first kappa shape index (κ1) is 14.8. The highest BCUT2D eigenvalue weighted by atomic mass is 35.5. The number of likely N-dealkylation sites (N-methyl/N-ethyl adjacent to an activating group) is 1. The second-order valence-electron chi connectivity index (χ2n) is 4.65. The van der Waals surface area contributed by atoms with Gasteiger partial charge in [-0.2, -0.15) is 0 Å². The number of benzene rings is 1. The van der Waals surface area contributed by atoms with Gasteiger partial charge in [-0.25, -0.2) is 0 Å². The minimum Gasteiger partial charge on any atom is -0.508 e. The summed E-state index contributed by atoms with van der Waals surface area (Å²) < 4.78 is 0. The average Bonchev–Trinajstić information content (AvgIpc) is 2.29. The lowest BCUT2D eigenvalue weighted by atomic mass is 10.0. The second kappa shape index (κ2) is 5.59. The minimum absolute atomic E-state index is 0.124. The number of phenolic OH excluding ortho intramolecular Hbond substituents is 1. The van der Waals surface area contributed by atoms with Gasteiger partial charge in [-0.1, -0.05) is 18.5 Å². The fourth-order valence-electron chi connectivity index (χ4n) is 1.73. The van der Waals surface area contributed by atoms with Gasteiger partial charge in [0, 0.05) is 17.1 Å². The highest BCUT2D eigenvalue weighted by Gasteiger charge is 2.33. The molecule has 0 saturated heterocycles. The Balaban J connectivity index is 3.00. The lowest BCUT2D eigenvalue weighted by Crippen LogP contribution is -2.49. The van der Waals surface area contributed by atoms with Crippen LogP contribution in [0.3, 0.4) is 0 Å². The predicted octanol–water partition coefficient (Wildman–Crippen LogP) is 2.73. The van der Waals surface area contributed by atoms with E-state index in [1.165, 1.54) is 6.07 Å². The molecule has 4 nitrogen and oxygen atoms in total. The summed E-state index contributed by atoms with van der Waals surface area (Å²) in [6, 6.07) is 4.76.